The molecule has 1 aromatic rings. The van der Waals surface area contributed by atoms with Gasteiger partial charge in [0, 0.05) is 25.0 Å². The molecule has 7 heteroatoms. The first-order valence-corrected chi connectivity index (χ1v) is 11.2. The Labute approximate surface area is 193 Å². The molecule has 3 fully saturated rings. The van der Waals surface area contributed by atoms with Crippen molar-refractivity contribution in [1.29, 1.82) is 0 Å². The maximum Gasteiger partial charge on any atom is 0.223 e. The van der Waals surface area contributed by atoms with E-state index in [9.17, 15) is 4.79 Å². The van der Waals surface area contributed by atoms with Gasteiger partial charge in [-0.05, 0) is 81.1 Å². The molecule has 0 radical (unpaired) electrons. The summed E-state index contributed by atoms with van der Waals surface area (Å²) in [5.41, 5.74) is 7.47. The first-order valence-electron chi connectivity index (χ1n) is 11.2. The molecule has 2 aliphatic carbocycles. The van der Waals surface area contributed by atoms with Crippen LogP contribution in [0.3, 0.4) is 0 Å². The van der Waals surface area contributed by atoms with E-state index >= 15 is 0 Å². The largest absolute Gasteiger partial charge is 0.492 e. The van der Waals surface area contributed by atoms with Crippen LogP contribution in [0.5, 0.6) is 5.75 Å². The van der Waals surface area contributed by atoms with Gasteiger partial charge in [0.15, 0.2) is 0 Å². The Morgan fingerprint density at radius 1 is 1.03 bits per heavy atom. The summed E-state index contributed by atoms with van der Waals surface area (Å²) in [7, 11) is 0. The lowest BCUT2D eigenvalue weighted by atomic mass is 9.65. The second kappa shape index (κ2) is 12.1. The van der Waals surface area contributed by atoms with Crippen molar-refractivity contribution in [3.63, 3.8) is 0 Å². The zero-order valence-electron chi connectivity index (χ0n) is 17.8. The number of rotatable bonds is 7. The minimum absolute atomic E-state index is 0. The molecule has 1 amide bonds. The highest BCUT2D eigenvalue weighted by molar-refractivity contribution is 5.85. The average molecular weight is 458 g/mol. The summed E-state index contributed by atoms with van der Waals surface area (Å²) in [5, 5.41) is 3.15. The van der Waals surface area contributed by atoms with E-state index < -0.39 is 0 Å². The highest BCUT2D eigenvalue weighted by Crippen LogP contribution is 2.41. The van der Waals surface area contributed by atoms with Gasteiger partial charge >= 0.3 is 0 Å². The molecule has 2 unspecified atom stereocenters. The first-order chi connectivity index (χ1) is 13.7. The molecule has 2 atom stereocenters. The topological polar surface area (TPSA) is 67.6 Å². The Bertz CT molecular complexity index is 638. The minimum Gasteiger partial charge on any atom is -0.492 e. The van der Waals surface area contributed by atoms with Crippen molar-refractivity contribution in [2.24, 2.45) is 23.5 Å². The van der Waals surface area contributed by atoms with E-state index in [2.05, 4.69) is 22.3 Å². The van der Waals surface area contributed by atoms with Crippen LogP contribution in [0.25, 0.3) is 0 Å². The zero-order chi connectivity index (χ0) is 19.3. The smallest absolute Gasteiger partial charge is 0.223 e. The van der Waals surface area contributed by atoms with Crippen LogP contribution in [0, 0.1) is 17.8 Å². The molecule has 1 saturated heterocycles. The highest BCUT2D eigenvalue weighted by Gasteiger charge is 2.40. The van der Waals surface area contributed by atoms with Gasteiger partial charge in [0.1, 0.15) is 12.4 Å². The van der Waals surface area contributed by atoms with E-state index in [1.165, 1.54) is 45.2 Å². The van der Waals surface area contributed by atoms with Gasteiger partial charge in [-0.25, -0.2) is 0 Å². The lowest BCUT2D eigenvalue weighted by Gasteiger charge is -2.43. The van der Waals surface area contributed by atoms with E-state index in [-0.39, 0.29) is 36.6 Å². The molecule has 2 saturated carbocycles. The van der Waals surface area contributed by atoms with Crippen molar-refractivity contribution in [2.75, 3.05) is 26.2 Å². The number of hydrogen-bond donors (Lipinski definition) is 2. The van der Waals surface area contributed by atoms with E-state index in [0.717, 1.165) is 37.3 Å². The lowest BCUT2D eigenvalue weighted by molar-refractivity contribution is -0.128. The number of benzene rings is 1. The maximum absolute atomic E-state index is 12.7. The summed E-state index contributed by atoms with van der Waals surface area (Å²) in [5.74, 6) is 2.34. The number of fused-ring (bicyclic) bond motifs is 2. The third kappa shape index (κ3) is 6.49. The zero-order valence-corrected chi connectivity index (χ0v) is 19.4. The van der Waals surface area contributed by atoms with Gasteiger partial charge in [-0.1, -0.05) is 18.6 Å². The van der Waals surface area contributed by atoms with E-state index in [0.29, 0.717) is 24.4 Å². The third-order valence-electron chi connectivity index (χ3n) is 7.05. The summed E-state index contributed by atoms with van der Waals surface area (Å²) in [6.45, 7) is 4.74. The Morgan fingerprint density at radius 3 is 2.30 bits per heavy atom. The van der Waals surface area contributed by atoms with Gasteiger partial charge in [-0.2, -0.15) is 0 Å². The summed E-state index contributed by atoms with van der Waals surface area (Å²) in [6.07, 6.45) is 8.23. The fourth-order valence-electron chi connectivity index (χ4n) is 5.34. The van der Waals surface area contributed by atoms with E-state index in [4.69, 9.17) is 10.5 Å². The summed E-state index contributed by atoms with van der Waals surface area (Å²) >= 11 is 0. The van der Waals surface area contributed by atoms with Crippen LogP contribution in [0.2, 0.25) is 0 Å². The fraction of sp³-hybridized carbons (Fsp3) is 0.696. The number of carbonyl (C=O) groups excluding carboxylic acids is 1. The van der Waals surface area contributed by atoms with Crippen LogP contribution in [-0.2, 0) is 11.3 Å². The Kier molecular flexibility index (Phi) is 10.2. The fourth-order valence-corrected chi connectivity index (χ4v) is 5.34. The van der Waals surface area contributed by atoms with Crippen molar-refractivity contribution in [1.82, 2.24) is 10.2 Å². The molecule has 1 heterocycles. The molecule has 30 heavy (non-hydrogen) atoms. The number of halogens is 2. The van der Waals surface area contributed by atoms with E-state index in [1.54, 1.807) is 0 Å². The number of nitrogens with one attached hydrogen (secondary N) is 1. The van der Waals surface area contributed by atoms with Crippen molar-refractivity contribution in [3.8, 4) is 5.75 Å². The molecule has 0 aromatic heterocycles. The number of carbonyl (C=O) groups is 1. The number of likely N-dealkylation sites (tertiary alicyclic amines) is 1. The van der Waals surface area contributed by atoms with Crippen molar-refractivity contribution in [3.05, 3.63) is 29.8 Å². The van der Waals surface area contributed by atoms with Crippen LogP contribution < -0.4 is 15.8 Å². The molecule has 3 aliphatic rings. The summed E-state index contributed by atoms with van der Waals surface area (Å²) in [6, 6.07) is 8.44. The minimum atomic E-state index is 0. The number of amides is 1. The van der Waals surface area contributed by atoms with Gasteiger partial charge in [0.05, 0.1) is 0 Å². The summed E-state index contributed by atoms with van der Waals surface area (Å²) in [4.78, 5) is 15.1. The monoisotopic (exact) mass is 457 g/mol. The number of nitrogens with two attached hydrogens (primary N) is 1. The Morgan fingerprint density at radius 2 is 1.67 bits per heavy atom. The van der Waals surface area contributed by atoms with Crippen LogP contribution >= 0.6 is 24.8 Å². The van der Waals surface area contributed by atoms with Crippen LogP contribution in [0.1, 0.15) is 50.5 Å². The van der Waals surface area contributed by atoms with Gasteiger partial charge < -0.3 is 15.8 Å². The maximum atomic E-state index is 12.7. The summed E-state index contributed by atoms with van der Waals surface area (Å²) < 4.78 is 5.86. The van der Waals surface area contributed by atoms with Gasteiger partial charge in [-0.15, -0.1) is 24.8 Å². The molecule has 0 spiro atoms. The van der Waals surface area contributed by atoms with Crippen molar-refractivity contribution >= 4 is 30.7 Å². The van der Waals surface area contributed by atoms with Crippen LogP contribution in [0.4, 0.5) is 0 Å². The number of nitrogens with zero attached hydrogens (tertiary/aromatic N) is 1. The molecule has 4 rings (SSSR count). The molecule has 1 aliphatic heterocycles. The predicted octanol–water partition coefficient (Wildman–Crippen LogP) is 3.77. The number of ether oxygens (including phenoxy) is 1. The standard InChI is InChI=1S/C23H35N3O2.2ClH/c24-22-18-4-3-5-19(22)15-20(14-18)23(27)25-16-17-6-8-21(9-7-17)28-13-12-26-10-1-2-11-26;;/h6-9,18-20,22H,1-5,10-16,24H2,(H,25,27);2*1H. The van der Waals surface area contributed by atoms with Gasteiger partial charge in [0.2, 0.25) is 5.91 Å². The highest BCUT2D eigenvalue weighted by atomic mass is 35.5. The molecule has 2 bridgehead atoms. The van der Waals surface area contributed by atoms with E-state index in [1.807, 2.05) is 12.1 Å². The molecule has 5 nitrogen and oxygen atoms in total. The second-order valence-electron chi connectivity index (χ2n) is 8.96. The second-order valence-corrected chi connectivity index (χ2v) is 8.96. The SMILES string of the molecule is Cl.Cl.NC1C2CCCC1CC(C(=O)NCc1ccc(OCCN3CCCC3)cc1)C2. The van der Waals surface area contributed by atoms with Gasteiger partial charge in [-0.3, -0.25) is 9.69 Å². The predicted molar refractivity (Wildman–Crippen MR) is 125 cm³/mol. The van der Waals surface area contributed by atoms with Gasteiger partial charge in [0.25, 0.3) is 0 Å². The van der Waals surface area contributed by atoms with Crippen molar-refractivity contribution < 1.29 is 9.53 Å². The average Bonchev–Trinajstić information content (AvgIpc) is 3.20. The molecule has 3 N–H and O–H groups in total. The molecular formula is C23H37Cl2N3O2. The number of hydrogen-bond acceptors (Lipinski definition) is 4. The van der Waals surface area contributed by atoms with Crippen molar-refractivity contribution in [2.45, 2.75) is 57.5 Å². The first kappa shape index (κ1) is 25.3. The third-order valence-corrected chi connectivity index (χ3v) is 7.05. The molecular weight excluding hydrogens is 421 g/mol. The molecule has 1 aromatic carbocycles. The van der Waals surface area contributed by atoms with Crippen LogP contribution in [0.15, 0.2) is 24.3 Å². The Balaban J connectivity index is 0.00000160. The van der Waals surface area contributed by atoms with Crippen LogP contribution in [-0.4, -0.2) is 43.1 Å². The molecule has 170 valence electrons. The quantitative estimate of drug-likeness (QED) is 0.653. The Hall–Kier alpha value is -1.01. The normalized spacial score (nSPS) is 28.2. The lowest BCUT2D eigenvalue weighted by Crippen LogP contribution is -2.49.